The summed E-state index contributed by atoms with van der Waals surface area (Å²) in [6.07, 6.45) is 0. The lowest BCUT2D eigenvalue weighted by Gasteiger charge is -2.10. The van der Waals surface area contributed by atoms with Crippen LogP contribution in [0.3, 0.4) is 0 Å². The summed E-state index contributed by atoms with van der Waals surface area (Å²) in [4.78, 5) is 42.0. The third-order valence-electron chi connectivity index (χ3n) is 17.9. The third kappa shape index (κ3) is 6.49. The SMILES string of the molecule is CC.O=c1c2ccccc2c2cc(-c3ccc4sc5ccccc5c4c3)cc3c4cc(-c5ccc6sc7ccccc7c6c5)ccc4n1c23.O=c1c2ccccc2c2cccc3c4c(ccc5c6cccc7c8ccccc8c(=O)n(c76)c54)n1c23. The van der Waals surface area contributed by atoms with E-state index in [0.29, 0.717) is 10.8 Å². The number of rotatable bonds is 2. The summed E-state index contributed by atoms with van der Waals surface area (Å²) in [6.45, 7) is 4.00. The second kappa shape index (κ2) is 17.8. The van der Waals surface area contributed by atoms with E-state index in [1.54, 1.807) is 0 Å². The van der Waals surface area contributed by atoms with Gasteiger partial charge in [-0.05, 0) is 123 Å². The lowest BCUT2D eigenvalue weighted by atomic mass is 9.96. The molecule has 0 aliphatic heterocycles. The molecule has 85 heavy (non-hydrogen) atoms. The molecule has 0 N–H and O–H groups in total. The average Bonchev–Trinajstić information content (AvgIpc) is 1.86. The van der Waals surface area contributed by atoms with Crippen molar-refractivity contribution < 1.29 is 0 Å². The van der Waals surface area contributed by atoms with Gasteiger partial charge in [-0.15, -0.1) is 22.7 Å². The van der Waals surface area contributed by atoms with E-state index in [4.69, 9.17) is 0 Å². The normalized spacial score (nSPS) is 12.3. The Morgan fingerprint density at radius 2 is 0.576 bits per heavy atom. The molecule has 0 unspecified atom stereocenters. The monoisotopic (exact) mass is 1120 g/mol. The predicted octanol–water partition coefficient (Wildman–Crippen LogP) is 20.0. The zero-order valence-corrected chi connectivity index (χ0v) is 47.5. The van der Waals surface area contributed by atoms with E-state index < -0.39 is 0 Å². The van der Waals surface area contributed by atoms with Gasteiger partial charge in [0, 0.05) is 105 Å². The van der Waals surface area contributed by atoms with E-state index in [-0.39, 0.29) is 16.7 Å². The highest BCUT2D eigenvalue weighted by atomic mass is 32.1. The van der Waals surface area contributed by atoms with Crippen LogP contribution in [0.5, 0.6) is 0 Å². The van der Waals surface area contributed by atoms with Crippen LogP contribution in [0.1, 0.15) is 13.8 Å². The molecule has 8 heterocycles. The number of hydrogen-bond donors (Lipinski definition) is 0. The summed E-state index contributed by atoms with van der Waals surface area (Å²) >= 11 is 3.68. The first-order valence-electron chi connectivity index (χ1n) is 28.8. The molecule has 0 radical (unpaired) electrons. The number of fused-ring (bicyclic) bond motifs is 22. The maximum Gasteiger partial charge on any atom is 0.263 e. The van der Waals surface area contributed by atoms with Crippen molar-refractivity contribution in [3.63, 3.8) is 0 Å². The molecule has 20 aromatic rings. The van der Waals surface area contributed by atoms with Gasteiger partial charge in [0.1, 0.15) is 0 Å². The summed E-state index contributed by atoms with van der Waals surface area (Å²) in [5, 5.41) is 19.6. The molecule has 6 nitrogen and oxygen atoms in total. The smallest absolute Gasteiger partial charge is 0.263 e. The predicted molar refractivity (Wildman–Crippen MR) is 364 cm³/mol. The number of aromatic nitrogens is 3. The number of nitrogens with zero attached hydrogens (tertiary/aromatic N) is 3. The highest BCUT2D eigenvalue weighted by Gasteiger charge is 2.25. The lowest BCUT2D eigenvalue weighted by molar-refractivity contribution is 1.20. The van der Waals surface area contributed by atoms with Gasteiger partial charge in [0.05, 0.1) is 33.1 Å². The summed E-state index contributed by atoms with van der Waals surface area (Å²) in [6, 6.07) is 82.4. The van der Waals surface area contributed by atoms with Crippen molar-refractivity contribution in [3.05, 3.63) is 268 Å². The molecule has 398 valence electrons. The molecule has 0 aliphatic carbocycles. The highest BCUT2D eigenvalue weighted by Crippen LogP contribution is 2.45. The Hall–Kier alpha value is -10.5. The average molecular weight is 1120 g/mol. The molecule has 0 amide bonds. The minimum Gasteiger partial charge on any atom is -0.275 e. The van der Waals surface area contributed by atoms with Gasteiger partial charge in [0.15, 0.2) is 0 Å². The van der Waals surface area contributed by atoms with Crippen LogP contribution in [0.4, 0.5) is 0 Å². The zero-order valence-electron chi connectivity index (χ0n) is 45.9. The second-order valence-corrected chi connectivity index (χ2v) is 24.3. The maximum atomic E-state index is 14.1. The molecule has 8 aromatic heterocycles. The van der Waals surface area contributed by atoms with Crippen molar-refractivity contribution in [3.8, 4) is 22.3 Å². The number of hydrogen-bond acceptors (Lipinski definition) is 5. The van der Waals surface area contributed by atoms with Crippen molar-refractivity contribution in [2.24, 2.45) is 0 Å². The molecular formula is C77H45N3O3S2. The Bertz CT molecular complexity index is 6460. The van der Waals surface area contributed by atoms with Crippen LogP contribution >= 0.6 is 22.7 Å². The van der Waals surface area contributed by atoms with Crippen molar-refractivity contribution in [2.75, 3.05) is 0 Å². The van der Waals surface area contributed by atoms with E-state index >= 15 is 0 Å². The van der Waals surface area contributed by atoms with E-state index in [1.807, 2.05) is 129 Å². The Balaban J connectivity index is 0.000000129. The van der Waals surface area contributed by atoms with Crippen LogP contribution in [-0.4, -0.2) is 13.2 Å². The molecule has 0 spiro atoms. The highest BCUT2D eigenvalue weighted by molar-refractivity contribution is 7.26. The Morgan fingerprint density at radius 3 is 1.14 bits per heavy atom. The zero-order chi connectivity index (χ0) is 56.5. The molecule has 12 aromatic carbocycles. The van der Waals surface area contributed by atoms with Gasteiger partial charge in [0.25, 0.3) is 16.7 Å². The Kier molecular flexibility index (Phi) is 10.0. The lowest BCUT2D eigenvalue weighted by Crippen LogP contribution is -2.13. The largest absolute Gasteiger partial charge is 0.275 e. The van der Waals surface area contributed by atoms with Gasteiger partial charge < -0.3 is 0 Å². The summed E-state index contributed by atoms with van der Waals surface area (Å²) in [7, 11) is 0. The summed E-state index contributed by atoms with van der Waals surface area (Å²) in [5.74, 6) is 0. The fourth-order valence-electron chi connectivity index (χ4n) is 14.3. The first kappa shape index (κ1) is 48.1. The molecule has 0 fully saturated rings. The van der Waals surface area contributed by atoms with Crippen LogP contribution in [0.2, 0.25) is 0 Å². The van der Waals surface area contributed by atoms with E-state index in [9.17, 15) is 14.4 Å². The van der Waals surface area contributed by atoms with Gasteiger partial charge in [0.2, 0.25) is 0 Å². The number of benzene rings is 12. The number of pyridine rings is 3. The van der Waals surface area contributed by atoms with Crippen molar-refractivity contribution in [1.82, 2.24) is 13.2 Å². The quantitative estimate of drug-likeness (QED) is 0.162. The minimum atomic E-state index is -0.0317. The minimum absolute atomic E-state index is 0.0293. The topological polar surface area (TPSA) is 64.4 Å². The van der Waals surface area contributed by atoms with E-state index in [0.717, 1.165) is 114 Å². The fraction of sp³-hybridized carbons (Fsp3) is 0.0260. The second-order valence-electron chi connectivity index (χ2n) is 22.1. The Labute approximate surface area is 490 Å². The molecule has 0 atom stereocenters. The van der Waals surface area contributed by atoms with Gasteiger partial charge in [-0.1, -0.05) is 166 Å². The first-order chi connectivity index (χ1) is 41.9. The molecular weight excluding hydrogens is 1080 g/mol. The number of para-hydroxylation sites is 2. The fourth-order valence-corrected chi connectivity index (χ4v) is 16.5. The van der Waals surface area contributed by atoms with E-state index in [1.165, 1.54) is 51.5 Å². The maximum absolute atomic E-state index is 14.1. The third-order valence-corrected chi connectivity index (χ3v) is 20.2. The van der Waals surface area contributed by atoms with Crippen molar-refractivity contribution in [2.45, 2.75) is 13.8 Å². The van der Waals surface area contributed by atoms with Crippen LogP contribution < -0.4 is 16.7 Å². The van der Waals surface area contributed by atoms with Crippen LogP contribution in [0, 0.1) is 0 Å². The molecule has 20 rings (SSSR count). The van der Waals surface area contributed by atoms with Gasteiger partial charge >= 0.3 is 0 Å². The van der Waals surface area contributed by atoms with E-state index in [2.05, 4.69) is 158 Å². The standard InChI is InChI=1S/C43H23NOS2.C32H16N2O2.C2H6/c45-43-31-10-2-1-7-28(31)35-22-27(26-15-18-41-34(21-26)30-9-4-6-12-39(30)47-41)23-36-32-19-24(13-16-37(32)44(43)42(35)36)25-14-17-40-33(20-25)29-8-3-5-11-38(29)46-40;35-31-23-9-3-1-8-18(23)20-12-6-14-25-27-26(33(31)29(20)25)16-15-22-21-13-5-11-19-17-7-2-4-10-24(17)32(36)34(28(19)21)30(22)27;1-2/h1-23H;1-16H;1-2H3. The summed E-state index contributed by atoms with van der Waals surface area (Å²) in [5.41, 5.74) is 10.1. The van der Waals surface area contributed by atoms with Gasteiger partial charge in [-0.3, -0.25) is 27.6 Å². The van der Waals surface area contributed by atoms with Gasteiger partial charge in [-0.2, -0.15) is 0 Å². The van der Waals surface area contributed by atoms with Crippen molar-refractivity contribution >= 4 is 177 Å². The first-order valence-corrected chi connectivity index (χ1v) is 30.5. The number of thiophene rings is 2. The molecule has 0 saturated heterocycles. The molecule has 0 bridgehead atoms. The van der Waals surface area contributed by atoms with Crippen LogP contribution in [0.15, 0.2) is 251 Å². The molecule has 8 heteroatoms. The van der Waals surface area contributed by atoms with Gasteiger partial charge in [-0.25, -0.2) is 0 Å². The van der Waals surface area contributed by atoms with Crippen LogP contribution in [-0.2, 0) is 0 Å². The Morgan fingerprint density at radius 1 is 0.235 bits per heavy atom. The molecule has 0 saturated carbocycles. The molecule has 0 aliphatic rings. The van der Waals surface area contributed by atoms with Crippen LogP contribution in [0.25, 0.3) is 176 Å². The summed E-state index contributed by atoms with van der Waals surface area (Å²) < 4.78 is 10.9. The van der Waals surface area contributed by atoms with Crippen molar-refractivity contribution in [1.29, 1.82) is 0 Å².